The first kappa shape index (κ1) is 25.9. The predicted octanol–water partition coefficient (Wildman–Crippen LogP) is 3.77. The van der Waals surface area contributed by atoms with Crippen LogP contribution in [0.25, 0.3) is 0 Å². The predicted molar refractivity (Wildman–Crippen MR) is 145 cm³/mol. The maximum Gasteiger partial charge on any atom is 0.256 e. The molecule has 0 radical (unpaired) electrons. The number of amides is 2. The van der Waals surface area contributed by atoms with Gasteiger partial charge in [0.15, 0.2) is 5.11 Å². The molecule has 2 saturated heterocycles. The molecule has 0 unspecified atom stereocenters. The van der Waals surface area contributed by atoms with Crippen molar-refractivity contribution in [2.45, 2.75) is 32.2 Å². The van der Waals surface area contributed by atoms with Crippen LogP contribution in [0.5, 0.6) is 11.5 Å². The van der Waals surface area contributed by atoms with Crippen molar-refractivity contribution >= 4 is 40.5 Å². The molecule has 2 amide bonds. The number of nitrogens with one attached hydrogen (secondary N) is 1. The van der Waals surface area contributed by atoms with Gasteiger partial charge in [0.1, 0.15) is 17.5 Å². The second-order valence-corrected chi connectivity index (χ2v) is 9.74. The van der Waals surface area contributed by atoms with Gasteiger partial charge >= 0.3 is 0 Å². The molecule has 4 rings (SSSR count). The molecule has 0 saturated carbocycles. The summed E-state index contributed by atoms with van der Waals surface area (Å²) < 4.78 is 10.5. The van der Waals surface area contributed by atoms with Gasteiger partial charge in [-0.15, -0.1) is 0 Å². The van der Waals surface area contributed by atoms with Crippen molar-refractivity contribution in [3.05, 3.63) is 48.5 Å². The fourth-order valence-corrected chi connectivity index (χ4v) is 5.09. The number of ether oxygens (including phenoxy) is 2. The number of hydrogen-bond acceptors (Lipinski definition) is 6. The third-order valence-corrected chi connectivity index (χ3v) is 7.33. The number of nitrogens with zero attached hydrogens (tertiary/aromatic N) is 3. The highest BCUT2D eigenvalue weighted by atomic mass is 32.1. The van der Waals surface area contributed by atoms with Crippen LogP contribution in [0.15, 0.2) is 48.5 Å². The highest BCUT2D eigenvalue weighted by molar-refractivity contribution is 7.80. The molecule has 2 aromatic carbocycles. The van der Waals surface area contributed by atoms with Gasteiger partial charge < -0.3 is 24.6 Å². The molecule has 2 aromatic rings. The third-order valence-electron chi connectivity index (χ3n) is 6.92. The lowest BCUT2D eigenvalue weighted by Gasteiger charge is -2.32. The van der Waals surface area contributed by atoms with Crippen molar-refractivity contribution < 1.29 is 19.1 Å². The second kappa shape index (κ2) is 11.7. The van der Waals surface area contributed by atoms with Gasteiger partial charge in [-0.05, 0) is 80.5 Å². The van der Waals surface area contributed by atoms with Gasteiger partial charge in [0.25, 0.3) is 5.91 Å². The van der Waals surface area contributed by atoms with E-state index in [1.807, 2.05) is 23.1 Å². The molecule has 192 valence electrons. The minimum atomic E-state index is -0.675. The maximum atomic E-state index is 13.6. The van der Waals surface area contributed by atoms with E-state index in [-0.39, 0.29) is 18.2 Å². The number of anilines is 2. The molecule has 9 heteroatoms. The first-order valence-corrected chi connectivity index (χ1v) is 12.7. The van der Waals surface area contributed by atoms with E-state index in [1.165, 1.54) is 17.7 Å². The summed E-state index contributed by atoms with van der Waals surface area (Å²) in [5, 5.41) is 3.31. The zero-order valence-electron chi connectivity index (χ0n) is 21.1. The van der Waals surface area contributed by atoms with E-state index >= 15 is 0 Å². The van der Waals surface area contributed by atoms with Crippen molar-refractivity contribution in [2.24, 2.45) is 5.92 Å². The van der Waals surface area contributed by atoms with Crippen LogP contribution in [-0.2, 0) is 9.59 Å². The molecular formula is C27H34N4O4S. The Labute approximate surface area is 218 Å². The lowest BCUT2D eigenvalue weighted by Crippen LogP contribution is -2.44. The maximum absolute atomic E-state index is 13.6. The van der Waals surface area contributed by atoms with Crippen LogP contribution >= 0.6 is 12.2 Å². The van der Waals surface area contributed by atoms with Crippen LogP contribution in [0.3, 0.4) is 0 Å². The summed E-state index contributed by atoms with van der Waals surface area (Å²) in [6, 6.07) is 13.7. The number of thiocarbonyl (C=S) groups is 1. The number of rotatable bonds is 9. The molecular weight excluding hydrogens is 476 g/mol. The normalized spacial score (nSPS) is 19.0. The topological polar surface area (TPSA) is 74.3 Å². The average Bonchev–Trinajstić information content (AvgIpc) is 3.12. The van der Waals surface area contributed by atoms with Crippen molar-refractivity contribution in [1.29, 1.82) is 0 Å². The Balaban J connectivity index is 1.51. The van der Waals surface area contributed by atoms with E-state index in [1.54, 1.807) is 44.6 Å². The Morgan fingerprint density at radius 1 is 1.03 bits per heavy atom. The third kappa shape index (κ3) is 5.96. The van der Waals surface area contributed by atoms with E-state index in [4.69, 9.17) is 21.7 Å². The standard InChI is InChI=1S/C27H34N4O4S/c1-19-11-13-29(14-12-19)15-16-30-24(18-25(32)28-20-7-9-22(34-2)10-8-20)26(33)31(27(30)36)21-5-4-6-23(17-21)35-3/h4-10,17,19,24H,11-16,18H2,1-3H3,(H,28,32)/t24-/m1/s1. The first-order chi connectivity index (χ1) is 17.4. The van der Waals surface area contributed by atoms with Gasteiger partial charge in [-0.3, -0.25) is 14.5 Å². The van der Waals surface area contributed by atoms with Crippen molar-refractivity contribution in [3.8, 4) is 11.5 Å². The number of likely N-dealkylation sites (tertiary alicyclic amines) is 1. The summed E-state index contributed by atoms with van der Waals surface area (Å²) in [7, 11) is 3.18. The van der Waals surface area contributed by atoms with E-state index in [9.17, 15) is 9.59 Å². The summed E-state index contributed by atoms with van der Waals surface area (Å²) >= 11 is 5.80. The molecule has 2 heterocycles. The zero-order valence-corrected chi connectivity index (χ0v) is 21.9. The number of carbonyl (C=O) groups excluding carboxylic acids is 2. The number of methoxy groups -OCH3 is 2. The number of piperidine rings is 1. The van der Waals surface area contributed by atoms with Gasteiger partial charge in [0.05, 0.1) is 26.3 Å². The van der Waals surface area contributed by atoms with E-state index in [0.29, 0.717) is 34.5 Å². The molecule has 0 spiro atoms. The molecule has 2 aliphatic rings. The van der Waals surface area contributed by atoms with E-state index < -0.39 is 6.04 Å². The molecule has 0 bridgehead atoms. The highest BCUT2D eigenvalue weighted by Gasteiger charge is 2.44. The Morgan fingerprint density at radius 2 is 1.72 bits per heavy atom. The molecule has 1 N–H and O–H groups in total. The Bertz CT molecular complexity index is 1090. The molecule has 2 fully saturated rings. The van der Waals surface area contributed by atoms with Crippen molar-refractivity contribution in [1.82, 2.24) is 9.80 Å². The Kier molecular flexibility index (Phi) is 8.43. The van der Waals surface area contributed by atoms with Crippen molar-refractivity contribution in [2.75, 3.05) is 50.6 Å². The first-order valence-electron chi connectivity index (χ1n) is 12.3. The molecule has 8 nitrogen and oxygen atoms in total. The average molecular weight is 511 g/mol. The van der Waals surface area contributed by atoms with E-state index in [2.05, 4.69) is 17.1 Å². The van der Waals surface area contributed by atoms with Gasteiger partial charge in [-0.2, -0.15) is 0 Å². The van der Waals surface area contributed by atoms with Crippen LogP contribution in [0.1, 0.15) is 26.2 Å². The summed E-state index contributed by atoms with van der Waals surface area (Å²) in [6.45, 7) is 5.74. The van der Waals surface area contributed by atoms with Gasteiger partial charge in [-0.25, -0.2) is 0 Å². The molecule has 1 atom stereocenters. The summed E-state index contributed by atoms with van der Waals surface area (Å²) in [4.78, 5) is 32.5. The fraction of sp³-hybridized carbons (Fsp3) is 0.444. The molecule has 36 heavy (non-hydrogen) atoms. The lowest BCUT2D eigenvalue weighted by atomic mass is 9.99. The quantitative estimate of drug-likeness (QED) is 0.515. The minimum absolute atomic E-state index is 0.00249. The summed E-state index contributed by atoms with van der Waals surface area (Å²) in [6.07, 6.45) is 2.35. The van der Waals surface area contributed by atoms with Crippen LogP contribution in [0.4, 0.5) is 11.4 Å². The van der Waals surface area contributed by atoms with Crippen LogP contribution in [0.2, 0.25) is 0 Å². The highest BCUT2D eigenvalue weighted by Crippen LogP contribution is 2.30. The molecule has 2 aliphatic heterocycles. The fourth-order valence-electron chi connectivity index (χ4n) is 4.67. The van der Waals surface area contributed by atoms with Crippen LogP contribution in [-0.4, -0.2) is 73.2 Å². The number of hydrogen-bond donors (Lipinski definition) is 1. The summed E-state index contributed by atoms with van der Waals surface area (Å²) in [5.41, 5.74) is 1.28. The smallest absolute Gasteiger partial charge is 0.256 e. The van der Waals surface area contributed by atoms with E-state index in [0.717, 1.165) is 25.6 Å². The largest absolute Gasteiger partial charge is 0.497 e. The number of carbonyl (C=O) groups is 2. The van der Waals surface area contributed by atoms with Crippen LogP contribution < -0.4 is 19.7 Å². The van der Waals surface area contributed by atoms with Gasteiger partial charge in [-0.1, -0.05) is 13.0 Å². The van der Waals surface area contributed by atoms with Gasteiger partial charge in [0.2, 0.25) is 5.91 Å². The van der Waals surface area contributed by atoms with Gasteiger partial charge in [0, 0.05) is 24.8 Å². The monoisotopic (exact) mass is 510 g/mol. The molecule has 0 aromatic heterocycles. The zero-order chi connectivity index (χ0) is 25.7. The van der Waals surface area contributed by atoms with Crippen molar-refractivity contribution in [3.63, 3.8) is 0 Å². The Morgan fingerprint density at radius 3 is 2.39 bits per heavy atom. The van der Waals surface area contributed by atoms with Crippen LogP contribution in [0, 0.1) is 5.92 Å². The number of benzene rings is 2. The molecule has 0 aliphatic carbocycles. The summed E-state index contributed by atoms with van der Waals surface area (Å²) in [5.74, 6) is 1.64. The minimum Gasteiger partial charge on any atom is -0.497 e. The lowest BCUT2D eigenvalue weighted by molar-refractivity contribution is -0.124. The second-order valence-electron chi connectivity index (χ2n) is 9.37. The Hall–Kier alpha value is -3.17. The SMILES string of the molecule is COc1ccc(NC(=O)C[C@@H]2C(=O)N(c3cccc(OC)c3)C(=S)N2CCN2CCC(C)CC2)cc1.